The molecule has 18 aromatic rings. The van der Waals surface area contributed by atoms with Crippen LogP contribution < -0.4 is 110 Å². The van der Waals surface area contributed by atoms with Gasteiger partial charge in [-0.15, -0.1) is 0 Å². The summed E-state index contributed by atoms with van der Waals surface area (Å²) in [6.45, 7) is 32.1. The van der Waals surface area contributed by atoms with E-state index in [-0.39, 0.29) is 26.9 Å². The molecule has 0 amide bonds. The Morgan fingerprint density at radius 1 is 0.168 bits per heavy atom. The van der Waals surface area contributed by atoms with Crippen LogP contribution in [0.4, 0.5) is 22.0 Å². The van der Waals surface area contributed by atoms with Crippen LogP contribution in [0.1, 0.15) is 112 Å². The molecule has 0 heterocycles. The second-order valence-corrected chi connectivity index (χ2v) is 56.3. The molecule has 0 spiro atoms. The minimum absolute atomic E-state index is 0.0376. The highest BCUT2D eigenvalue weighted by atomic mass is 31.2. The summed E-state index contributed by atoms with van der Waals surface area (Å²) in [5.74, 6) is -8.53. The number of ether oxygens (including phenoxy) is 3. The van der Waals surface area contributed by atoms with Crippen molar-refractivity contribution in [3.63, 3.8) is 0 Å². The SMILES string of the molecule is CC(C)(C)c1ccc(P(=O)(c2ccc(C(C)(C)C)cc2)c2ccc(C(C)(C)C)cc2)cc1.COc1ccc(P(=O)(c2ccc(OC)cc2)c2ccc(OC)cc2)cc1.Cc1ccc(P(=O)(c2ccc(C)cc2)c2ccc(C)cc2)cc1.Cc1cccc(P(=O)(c2cccc(C)c2)c2cccc(C)c2)c1.O=P(c1ccccc1)(c1ccccc1)c1c(F)c(F)c(F)c(F)c1F.O=P(c1ccccc1)(c1ccccc1)c1ccccc1. The van der Waals surface area contributed by atoms with Crippen LogP contribution in [0, 0.1) is 70.6 Å². The number of rotatable bonds is 21. The first-order valence-electron chi connectivity index (χ1n) is 49.1. The number of aryl methyl sites for hydroxylation is 6. The largest absolute Gasteiger partial charge is 0.497 e. The zero-order chi connectivity index (χ0) is 107. The molecule has 0 N–H and O–H groups in total. The highest BCUT2D eigenvalue weighted by Gasteiger charge is 2.42. The van der Waals surface area contributed by atoms with Gasteiger partial charge in [0.15, 0.2) is 66.1 Å². The highest BCUT2D eigenvalue weighted by Crippen LogP contribution is 2.50. The number of methoxy groups -OCH3 is 3. The van der Waals surface area contributed by atoms with Crippen LogP contribution in [0.2, 0.25) is 0 Å². The maximum absolute atomic E-state index is 14.9. The Bertz CT molecular complexity index is 7190. The van der Waals surface area contributed by atoms with Gasteiger partial charge in [0, 0.05) is 90.2 Å². The van der Waals surface area contributed by atoms with Gasteiger partial charge in [-0.05, 0) is 165 Å². The Labute approximate surface area is 876 Å². The molecule has 0 fully saturated rings. The van der Waals surface area contributed by atoms with Crippen molar-refractivity contribution in [1.29, 1.82) is 0 Å². The van der Waals surface area contributed by atoms with Gasteiger partial charge < -0.3 is 41.6 Å². The van der Waals surface area contributed by atoms with Crippen molar-refractivity contribution < 1.29 is 63.6 Å². The van der Waals surface area contributed by atoms with E-state index in [2.05, 4.69) is 135 Å². The van der Waals surface area contributed by atoms with E-state index in [0.29, 0.717) is 0 Å². The van der Waals surface area contributed by atoms with Crippen molar-refractivity contribution in [3.8, 4) is 17.2 Å². The summed E-state index contributed by atoms with van der Waals surface area (Å²) in [6, 6.07) is 139. The van der Waals surface area contributed by atoms with E-state index in [9.17, 15) is 49.3 Å². The summed E-state index contributed by atoms with van der Waals surface area (Å²) >= 11 is 0. The summed E-state index contributed by atoms with van der Waals surface area (Å²) in [5, 5.41) is 11.5. The number of hydrogen-bond acceptors (Lipinski definition) is 9. The molecule has 0 saturated carbocycles. The van der Waals surface area contributed by atoms with Gasteiger partial charge in [-0.25, -0.2) is 22.0 Å². The summed E-state index contributed by atoms with van der Waals surface area (Å²) in [6.07, 6.45) is 0. The first kappa shape index (κ1) is 113. The number of halogens is 5. The molecule has 9 nitrogen and oxygen atoms in total. The van der Waals surface area contributed by atoms with Gasteiger partial charge in [0.2, 0.25) is 5.82 Å². The molecular formula is C129H127F5O9P6. The monoisotopic (exact) mass is 2100 g/mol. The fourth-order valence-corrected chi connectivity index (χ4v) is 33.5. The summed E-state index contributed by atoms with van der Waals surface area (Å²) in [4.78, 5) is 0. The predicted molar refractivity (Wildman–Crippen MR) is 619 cm³/mol. The Hall–Kier alpha value is -13.6. The van der Waals surface area contributed by atoms with Crippen LogP contribution in [0.5, 0.6) is 17.2 Å². The first-order valence-corrected chi connectivity index (χ1v) is 59.3. The quantitative estimate of drug-likeness (QED) is 0.0299. The van der Waals surface area contributed by atoms with E-state index in [4.69, 9.17) is 14.2 Å². The molecule has 18 aromatic carbocycles. The van der Waals surface area contributed by atoms with E-state index in [1.807, 2.05) is 351 Å². The molecule has 18 rings (SSSR count). The third-order valence-electron chi connectivity index (χ3n) is 26.0. The second-order valence-electron chi connectivity index (χ2n) is 39.8. The zero-order valence-corrected chi connectivity index (χ0v) is 92.8. The van der Waals surface area contributed by atoms with Gasteiger partial charge in [0.05, 0.1) is 26.6 Å². The molecule has 0 atom stereocenters. The average Bonchev–Trinajstić information content (AvgIpc) is 0.733. The normalized spacial score (nSPS) is 11.8. The third-order valence-corrected chi connectivity index (χ3v) is 44.4. The fourth-order valence-electron chi connectivity index (χ4n) is 17.3. The van der Waals surface area contributed by atoms with E-state index in [1.165, 1.54) is 81.9 Å². The van der Waals surface area contributed by atoms with Crippen LogP contribution in [0.25, 0.3) is 0 Å². The van der Waals surface area contributed by atoms with Gasteiger partial charge in [0.1, 0.15) is 17.2 Å². The molecule has 0 bridgehead atoms. The molecule has 0 saturated heterocycles. The van der Waals surface area contributed by atoms with E-state index in [0.717, 1.165) is 114 Å². The Morgan fingerprint density at radius 2 is 0.322 bits per heavy atom. The Morgan fingerprint density at radius 3 is 0.503 bits per heavy atom. The average molecular weight is 2100 g/mol. The number of benzene rings is 18. The standard InChI is InChI=1S/C30H39OP.C21H21O4P.2C21H21OP.C18H10F5OP.C18H15OP/c1-28(2,3)22-10-16-25(17-11-22)32(31,26-18-12-23(13-19-26)29(4,5)6)27-20-14-24(15-21-27)30(7,8)9;1-23-16-4-10-19(11-5-16)26(22,20-12-6-17(24-2)7-13-20)21-14-8-18(25-3)9-15-21;1-16-4-10-19(11-5-16)23(22,20-12-6-17(2)7-13-20)21-14-8-18(3)9-15-21;1-16-7-4-10-19(13-16)23(22,20-11-5-8-17(2)14-20)21-12-6-9-18(3)15-21;19-13-14(20)16(22)18(17(23)15(13)21)25(24,11-7-3-1-4-8-11)12-9-5-2-6-10-12;19-20(16-10-4-1-5-11-16,17-12-6-2-7-13-17)18-14-8-3-9-15-18/h10-21H,1-9H3;4-15H,1-3H3;2*4-15H,1-3H3;1-10H;1-15H. The van der Waals surface area contributed by atoms with Crippen molar-refractivity contribution in [2.24, 2.45) is 0 Å². The highest BCUT2D eigenvalue weighted by molar-refractivity contribution is 7.87. The topological polar surface area (TPSA) is 130 Å². The van der Waals surface area contributed by atoms with Crippen LogP contribution in [-0.2, 0) is 43.6 Å². The molecule has 0 aliphatic heterocycles. The van der Waals surface area contributed by atoms with E-state index < -0.39 is 77.2 Å². The van der Waals surface area contributed by atoms with Crippen molar-refractivity contribution in [1.82, 2.24) is 0 Å². The molecule has 0 aliphatic carbocycles. The molecule has 20 heteroatoms. The Kier molecular flexibility index (Phi) is 36.9. The summed E-state index contributed by atoms with van der Waals surface area (Å²) in [5.41, 5.74) is 10.8. The maximum Gasteiger partial charge on any atom is 0.200 e. The predicted octanol–water partition coefficient (Wildman–Crippen LogP) is 26.4. The summed E-state index contributed by atoms with van der Waals surface area (Å²) < 4.78 is 170. The van der Waals surface area contributed by atoms with Gasteiger partial charge in [0.25, 0.3) is 0 Å². The van der Waals surface area contributed by atoms with Crippen molar-refractivity contribution in [2.75, 3.05) is 21.3 Å². The molecule has 0 unspecified atom stereocenters. The first-order chi connectivity index (χ1) is 70.9. The van der Waals surface area contributed by atoms with Crippen LogP contribution in [0.3, 0.4) is 0 Å². The third kappa shape index (κ3) is 25.8. The molecule has 149 heavy (non-hydrogen) atoms. The van der Waals surface area contributed by atoms with Crippen LogP contribution >= 0.6 is 42.9 Å². The maximum atomic E-state index is 14.9. The lowest BCUT2D eigenvalue weighted by molar-refractivity contribution is 0.384. The minimum atomic E-state index is -4.32. The molecule has 762 valence electrons. The van der Waals surface area contributed by atoms with Crippen LogP contribution in [-0.4, -0.2) is 21.3 Å². The molecule has 0 aromatic heterocycles. The molecular weight excluding hydrogens is 1970 g/mol. The van der Waals surface area contributed by atoms with Gasteiger partial charge >= 0.3 is 0 Å². The minimum Gasteiger partial charge on any atom is -0.497 e. The van der Waals surface area contributed by atoms with Gasteiger partial charge in [-0.3, -0.25) is 0 Å². The van der Waals surface area contributed by atoms with Gasteiger partial charge in [-0.1, -0.05) is 448 Å². The molecule has 0 radical (unpaired) electrons. The van der Waals surface area contributed by atoms with Crippen molar-refractivity contribution >= 4 is 138 Å². The van der Waals surface area contributed by atoms with Crippen LogP contribution in [0.15, 0.2) is 443 Å². The van der Waals surface area contributed by atoms with E-state index in [1.54, 1.807) is 33.5 Å². The number of hydrogen-bond donors (Lipinski definition) is 0. The zero-order valence-electron chi connectivity index (χ0n) is 87.4. The smallest absolute Gasteiger partial charge is 0.200 e. The lowest BCUT2D eigenvalue weighted by Crippen LogP contribution is -2.31. The van der Waals surface area contributed by atoms with Crippen molar-refractivity contribution in [3.05, 3.63) is 522 Å². The van der Waals surface area contributed by atoms with E-state index >= 15 is 0 Å². The Balaban J connectivity index is 0.000000150. The lowest BCUT2D eigenvalue weighted by Gasteiger charge is -2.25. The second kappa shape index (κ2) is 48.8. The van der Waals surface area contributed by atoms with Gasteiger partial charge in [-0.2, -0.15) is 0 Å². The van der Waals surface area contributed by atoms with Crippen molar-refractivity contribution in [2.45, 2.75) is 120 Å². The lowest BCUT2D eigenvalue weighted by atomic mass is 9.87. The summed E-state index contributed by atoms with van der Waals surface area (Å²) in [7, 11) is -14.0. The fraction of sp³-hybridized carbons (Fsp3) is 0.163. The molecule has 0 aliphatic rings.